The zero-order valence-electron chi connectivity index (χ0n) is 19.2. The predicted molar refractivity (Wildman–Crippen MR) is 114 cm³/mol. The first-order valence-corrected chi connectivity index (χ1v) is 11.0. The molecule has 0 saturated carbocycles. The van der Waals surface area contributed by atoms with Gasteiger partial charge in [-0.05, 0) is 0 Å². The van der Waals surface area contributed by atoms with Crippen molar-refractivity contribution in [1.82, 2.24) is 16.0 Å². The Hall–Kier alpha value is -0.0100. The van der Waals surface area contributed by atoms with Crippen LogP contribution in [-0.2, 0) is 4.57 Å². The predicted octanol–water partition coefficient (Wildman–Crippen LogP) is 3.25. The minimum Gasteiger partial charge on any atom is -0.312 e. The van der Waals surface area contributed by atoms with Crippen LogP contribution >= 0.6 is 7.82 Å². The minimum atomic E-state index is -4.64. The molecule has 0 aliphatic heterocycles. The number of hydrogen-bond acceptors (Lipinski definition) is 4. The van der Waals surface area contributed by atoms with Crippen LogP contribution in [0.4, 0.5) is 0 Å². The van der Waals surface area contributed by atoms with Gasteiger partial charge in [0.25, 0.3) is 0 Å². The van der Waals surface area contributed by atoms with Crippen molar-refractivity contribution >= 4 is 7.82 Å². The Morgan fingerprint density at radius 2 is 0.538 bits per heavy atom. The third kappa shape index (κ3) is 88.2. The summed E-state index contributed by atoms with van der Waals surface area (Å²) in [5.74, 6) is 0. The van der Waals surface area contributed by atoms with E-state index >= 15 is 0 Å². The lowest BCUT2D eigenvalue weighted by Gasteiger charge is -2.10. The second kappa shape index (κ2) is 19.7. The SMILES string of the molecule is CC(C)NC(C)C.CC(C)NC(C)C.CC(C)NC(C)C.O=P(O)(O)O. The molecule has 0 rings (SSSR count). The molecule has 6 N–H and O–H groups in total. The molecule has 8 heteroatoms. The van der Waals surface area contributed by atoms with Crippen molar-refractivity contribution in [2.45, 2.75) is 119 Å². The second-order valence-corrected chi connectivity index (χ2v) is 8.97. The first-order chi connectivity index (χ1) is 11.4. The molecule has 0 aromatic rings. The minimum absolute atomic E-state index is 0.625. The average Bonchev–Trinajstić information content (AvgIpc) is 2.20. The maximum Gasteiger partial charge on any atom is 0.466 e. The molecular weight excluding hydrogens is 353 g/mol. The Balaban J connectivity index is -0.000000125. The van der Waals surface area contributed by atoms with Gasteiger partial charge < -0.3 is 30.6 Å². The Morgan fingerprint density at radius 1 is 0.462 bits per heavy atom. The van der Waals surface area contributed by atoms with Gasteiger partial charge in [0, 0.05) is 36.3 Å². The number of rotatable bonds is 6. The zero-order chi connectivity index (χ0) is 22.1. The number of hydrogen-bond donors (Lipinski definition) is 6. The van der Waals surface area contributed by atoms with Crippen molar-refractivity contribution < 1.29 is 19.2 Å². The summed E-state index contributed by atoms with van der Waals surface area (Å²) in [6.45, 7) is 25.8. The Labute approximate surface area is 163 Å². The van der Waals surface area contributed by atoms with Crippen molar-refractivity contribution in [2.24, 2.45) is 0 Å². The molecule has 7 nitrogen and oxygen atoms in total. The summed E-state index contributed by atoms with van der Waals surface area (Å²) in [4.78, 5) is 21.6. The summed E-state index contributed by atoms with van der Waals surface area (Å²) in [7, 11) is -4.64. The molecule has 0 aliphatic rings. The van der Waals surface area contributed by atoms with Gasteiger partial charge in [-0.15, -0.1) is 0 Å². The summed E-state index contributed by atoms with van der Waals surface area (Å²) in [5.41, 5.74) is 0. The molecule has 0 aromatic carbocycles. The van der Waals surface area contributed by atoms with Crippen molar-refractivity contribution in [3.63, 3.8) is 0 Å². The van der Waals surface area contributed by atoms with Crippen molar-refractivity contribution in [3.05, 3.63) is 0 Å². The Bertz CT molecular complexity index is 258. The molecule has 0 atom stereocenters. The molecule has 164 valence electrons. The Kier molecular flexibility index (Phi) is 25.5. The lowest BCUT2D eigenvalue weighted by atomic mass is 10.3. The van der Waals surface area contributed by atoms with Gasteiger partial charge in [-0.2, -0.15) is 0 Å². The topological polar surface area (TPSA) is 114 Å². The van der Waals surface area contributed by atoms with E-state index < -0.39 is 7.82 Å². The van der Waals surface area contributed by atoms with Crippen molar-refractivity contribution in [1.29, 1.82) is 0 Å². The normalized spacial score (nSPS) is 11.3. The molecular formula is C18H48N3O4P. The van der Waals surface area contributed by atoms with Gasteiger partial charge in [0.1, 0.15) is 0 Å². The van der Waals surface area contributed by atoms with E-state index in [0.717, 1.165) is 0 Å². The lowest BCUT2D eigenvalue weighted by Crippen LogP contribution is -2.29. The number of phosphoric acid groups is 1. The highest BCUT2D eigenvalue weighted by Gasteiger charge is 2.00. The third-order valence-electron chi connectivity index (χ3n) is 2.00. The van der Waals surface area contributed by atoms with Crippen molar-refractivity contribution in [3.8, 4) is 0 Å². The molecule has 0 amide bonds. The van der Waals surface area contributed by atoms with Crippen LogP contribution in [0.1, 0.15) is 83.1 Å². The van der Waals surface area contributed by atoms with E-state index in [0.29, 0.717) is 36.3 Å². The van der Waals surface area contributed by atoms with E-state index in [-0.39, 0.29) is 0 Å². The van der Waals surface area contributed by atoms with Gasteiger partial charge in [0.05, 0.1) is 0 Å². The van der Waals surface area contributed by atoms with Gasteiger partial charge in [0.15, 0.2) is 0 Å². The highest BCUT2D eigenvalue weighted by Crippen LogP contribution is 2.25. The highest BCUT2D eigenvalue weighted by atomic mass is 31.2. The molecule has 0 spiro atoms. The highest BCUT2D eigenvalue weighted by molar-refractivity contribution is 7.45. The van der Waals surface area contributed by atoms with Crippen LogP contribution < -0.4 is 16.0 Å². The van der Waals surface area contributed by atoms with E-state index in [2.05, 4.69) is 99.0 Å². The summed E-state index contributed by atoms with van der Waals surface area (Å²) in [6.07, 6.45) is 0. The van der Waals surface area contributed by atoms with Crippen LogP contribution in [-0.4, -0.2) is 50.9 Å². The summed E-state index contributed by atoms with van der Waals surface area (Å²) in [5, 5.41) is 9.92. The number of nitrogens with one attached hydrogen (secondary N) is 3. The Morgan fingerprint density at radius 3 is 0.538 bits per heavy atom. The van der Waals surface area contributed by atoms with Crippen LogP contribution in [0.3, 0.4) is 0 Å². The van der Waals surface area contributed by atoms with Gasteiger partial charge in [-0.25, -0.2) is 4.57 Å². The molecule has 26 heavy (non-hydrogen) atoms. The van der Waals surface area contributed by atoms with E-state index in [1.54, 1.807) is 0 Å². The summed E-state index contributed by atoms with van der Waals surface area (Å²) >= 11 is 0. The van der Waals surface area contributed by atoms with Crippen LogP contribution in [0.25, 0.3) is 0 Å². The zero-order valence-corrected chi connectivity index (χ0v) is 20.1. The maximum atomic E-state index is 8.88. The molecule has 0 radical (unpaired) electrons. The fraction of sp³-hybridized carbons (Fsp3) is 1.00. The first-order valence-electron chi connectivity index (χ1n) is 9.44. The standard InChI is InChI=1S/3C6H15N.H3O4P/c3*1-5(2)7-6(3)4;1-5(2,3)4/h3*5-7H,1-4H3;(H3,1,2,3,4). The van der Waals surface area contributed by atoms with E-state index in [1.165, 1.54) is 0 Å². The molecule has 0 bridgehead atoms. The van der Waals surface area contributed by atoms with Gasteiger partial charge >= 0.3 is 7.82 Å². The molecule has 0 saturated heterocycles. The first kappa shape index (κ1) is 33.6. The fourth-order valence-electron chi connectivity index (χ4n) is 2.00. The molecule has 0 unspecified atom stereocenters. The summed E-state index contributed by atoms with van der Waals surface area (Å²) < 4.78 is 8.88. The van der Waals surface area contributed by atoms with Crippen LogP contribution in [0, 0.1) is 0 Å². The average molecular weight is 402 g/mol. The third-order valence-corrected chi connectivity index (χ3v) is 2.00. The van der Waals surface area contributed by atoms with Crippen LogP contribution in [0.2, 0.25) is 0 Å². The van der Waals surface area contributed by atoms with Crippen LogP contribution in [0.15, 0.2) is 0 Å². The molecule has 0 heterocycles. The van der Waals surface area contributed by atoms with E-state index in [1.807, 2.05) is 0 Å². The quantitative estimate of drug-likeness (QED) is 0.379. The largest absolute Gasteiger partial charge is 0.466 e. The smallest absolute Gasteiger partial charge is 0.312 e. The van der Waals surface area contributed by atoms with Gasteiger partial charge in [-0.3, -0.25) is 0 Å². The van der Waals surface area contributed by atoms with Gasteiger partial charge in [-0.1, -0.05) is 83.1 Å². The second-order valence-electron chi connectivity index (χ2n) is 7.94. The van der Waals surface area contributed by atoms with E-state index in [4.69, 9.17) is 19.2 Å². The fourth-order valence-corrected chi connectivity index (χ4v) is 2.00. The molecule has 0 aromatic heterocycles. The molecule has 0 fully saturated rings. The van der Waals surface area contributed by atoms with E-state index in [9.17, 15) is 0 Å². The van der Waals surface area contributed by atoms with Crippen molar-refractivity contribution in [2.75, 3.05) is 0 Å². The summed E-state index contributed by atoms with van der Waals surface area (Å²) in [6, 6.07) is 3.75. The monoisotopic (exact) mass is 401 g/mol. The lowest BCUT2D eigenvalue weighted by molar-refractivity contribution is 0.275. The van der Waals surface area contributed by atoms with Crippen LogP contribution in [0.5, 0.6) is 0 Å². The molecule has 0 aliphatic carbocycles. The maximum absolute atomic E-state index is 8.88. The van der Waals surface area contributed by atoms with Gasteiger partial charge in [0.2, 0.25) is 0 Å².